The van der Waals surface area contributed by atoms with Crippen molar-refractivity contribution in [1.29, 1.82) is 0 Å². The summed E-state index contributed by atoms with van der Waals surface area (Å²) in [6, 6.07) is 10.3. The number of fused-ring (bicyclic) bond motifs is 1. The number of hydrogen-bond acceptors (Lipinski definition) is 4. The Morgan fingerprint density at radius 3 is 2.31 bits per heavy atom. The van der Waals surface area contributed by atoms with Gasteiger partial charge in [0.1, 0.15) is 5.82 Å². The van der Waals surface area contributed by atoms with Crippen LogP contribution in [-0.2, 0) is 6.18 Å². The van der Waals surface area contributed by atoms with Crippen LogP contribution in [0.3, 0.4) is 0 Å². The van der Waals surface area contributed by atoms with E-state index in [9.17, 15) is 31.9 Å². The summed E-state index contributed by atoms with van der Waals surface area (Å²) in [6.45, 7) is 3.77. The van der Waals surface area contributed by atoms with Crippen LogP contribution in [0.15, 0.2) is 54.7 Å². The van der Waals surface area contributed by atoms with Gasteiger partial charge in [-0.15, -0.1) is 0 Å². The zero-order chi connectivity index (χ0) is 28.1. The van der Waals surface area contributed by atoms with Crippen molar-refractivity contribution in [3.8, 4) is 11.3 Å². The molecule has 5 rings (SSSR count). The number of aromatic nitrogens is 1. The summed E-state index contributed by atoms with van der Waals surface area (Å²) in [6.07, 6.45) is -2.48. The fraction of sp³-hybridized carbons (Fsp3) is 0.310. The van der Waals surface area contributed by atoms with Crippen LogP contribution in [0.25, 0.3) is 11.3 Å². The van der Waals surface area contributed by atoms with E-state index < -0.39 is 41.3 Å². The number of pyridine rings is 1. The number of halogens is 4. The number of nitrogens with zero attached hydrogens (tertiary/aromatic N) is 3. The van der Waals surface area contributed by atoms with Gasteiger partial charge in [-0.2, -0.15) is 13.2 Å². The summed E-state index contributed by atoms with van der Waals surface area (Å²) >= 11 is 0. The molecule has 0 saturated carbocycles. The van der Waals surface area contributed by atoms with Gasteiger partial charge in [-0.1, -0.05) is 19.1 Å². The molecule has 202 valence electrons. The van der Waals surface area contributed by atoms with Gasteiger partial charge in [-0.05, 0) is 67.6 Å². The molecule has 1 fully saturated rings. The molecule has 1 aromatic heterocycles. The minimum absolute atomic E-state index is 0.0264. The number of benzene rings is 2. The predicted molar refractivity (Wildman–Crippen MR) is 134 cm³/mol. The second-order valence-corrected chi connectivity index (χ2v) is 10.0. The lowest BCUT2D eigenvalue weighted by Gasteiger charge is -2.41. The highest BCUT2D eigenvalue weighted by molar-refractivity contribution is 6.21. The summed E-state index contributed by atoms with van der Waals surface area (Å²) in [4.78, 5) is 46.7. The average molecular weight is 540 g/mol. The minimum Gasteiger partial charge on any atom is -0.334 e. The first-order valence-corrected chi connectivity index (χ1v) is 12.6. The molecule has 0 bridgehead atoms. The summed E-state index contributed by atoms with van der Waals surface area (Å²) in [7, 11) is 0. The van der Waals surface area contributed by atoms with Crippen LogP contribution in [0.2, 0.25) is 0 Å². The number of piperidine rings is 1. The van der Waals surface area contributed by atoms with Gasteiger partial charge in [-0.3, -0.25) is 24.3 Å². The van der Waals surface area contributed by atoms with Gasteiger partial charge in [-0.25, -0.2) is 4.39 Å². The van der Waals surface area contributed by atoms with Gasteiger partial charge < -0.3 is 4.90 Å². The number of imide groups is 1. The van der Waals surface area contributed by atoms with Crippen LogP contribution in [0.1, 0.15) is 62.0 Å². The molecule has 0 unspecified atom stereocenters. The van der Waals surface area contributed by atoms with E-state index in [2.05, 4.69) is 4.98 Å². The summed E-state index contributed by atoms with van der Waals surface area (Å²) < 4.78 is 53.9. The zero-order valence-electron chi connectivity index (χ0n) is 21.3. The molecule has 0 spiro atoms. The van der Waals surface area contributed by atoms with Crippen LogP contribution < -0.4 is 0 Å². The van der Waals surface area contributed by atoms with Crippen LogP contribution >= 0.6 is 0 Å². The van der Waals surface area contributed by atoms with E-state index in [0.29, 0.717) is 35.9 Å². The number of alkyl halides is 3. The number of carbonyl (C=O) groups is 3. The van der Waals surface area contributed by atoms with Gasteiger partial charge in [0.2, 0.25) is 0 Å². The minimum atomic E-state index is -4.58. The Labute approximate surface area is 222 Å². The van der Waals surface area contributed by atoms with E-state index in [0.717, 1.165) is 29.5 Å². The van der Waals surface area contributed by atoms with Gasteiger partial charge in [0.25, 0.3) is 17.7 Å². The van der Waals surface area contributed by atoms with Gasteiger partial charge in [0.05, 0.1) is 40.5 Å². The largest absolute Gasteiger partial charge is 0.417 e. The lowest BCUT2D eigenvalue weighted by molar-refractivity contribution is -0.137. The Morgan fingerprint density at radius 1 is 1.05 bits per heavy atom. The number of aryl methyl sites for hydroxylation is 1. The molecule has 6 nitrogen and oxygen atoms in total. The Balaban J connectivity index is 1.50. The summed E-state index contributed by atoms with van der Waals surface area (Å²) in [5, 5.41) is 0. The molecule has 0 aliphatic carbocycles. The van der Waals surface area contributed by atoms with Crippen LogP contribution in [-0.4, -0.2) is 51.6 Å². The van der Waals surface area contributed by atoms with E-state index >= 15 is 0 Å². The van der Waals surface area contributed by atoms with Gasteiger partial charge in [0, 0.05) is 18.3 Å². The third kappa shape index (κ3) is 4.79. The normalized spacial score (nSPS) is 19.4. The van der Waals surface area contributed by atoms with Crippen molar-refractivity contribution in [2.45, 2.75) is 38.9 Å². The highest BCUT2D eigenvalue weighted by atomic mass is 19.4. The Kier molecular flexibility index (Phi) is 6.74. The first kappa shape index (κ1) is 26.5. The molecular formula is C29H25F4N3O3. The predicted octanol–water partition coefficient (Wildman–Crippen LogP) is 5.75. The maximum absolute atomic E-state index is 14.6. The molecule has 2 aliphatic rings. The number of likely N-dealkylation sites (tertiary alicyclic amines) is 1. The van der Waals surface area contributed by atoms with E-state index in [1.54, 1.807) is 36.1 Å². The molecule has 39 heavy (non-hydrogen) atoms. The molecule has 3 heterocycles. The van der Waals surface area contributed by atoms with Crippen molar-refractivity contribution in [3.05, 3.63) is 88.4 Å². The first-order valence-electron chi connectivity index (χ1n) is 12.6. The van der Waals surface area contributed by atoms with E-state index in [4.69, 9.17) is 0 Å². The topological polar surface area (TPSA) is 70.6 Å². The van der Waals surface area contributed by atoms with Gasteiger partial charge in [0.15, 0.2) is 0 Å². The number of rotatable bonds is 4. The first-order chi connectivity index (χ1) is 18.5. The summed E-state index contributed by atoms with van der Waals surface area (Å²) in [5.74, 6) is -2.15. The number of amides is 3. The summed E-state index contributed by atoms with van der Waals surface area (Å²) in [5.41, 5.74) is 0.303. The quantitative estimate of drug-likeness (QED) is 0.313. The van der Waals surface area contributed by atoms with Crippen molar-refractivity contribution in [2.24, 2.45) is 5.92 Å². The van der Waals surface area contributed by atoms with Crippen molar-refractivity contribution in [3.63, 3.8) is 0 Å². The SMILES string of the molecule is Cc1cc(F)cc(C(=O)N2CCC[C@@H](C)[C@H]2CN2C(=O)c3ccccc3C2=O)c1-c1ccc(C(F)(F)F)cn1. The lowest BCUT2D eigenvalue weighted by Crippen LogP contribution is -2.54. The Bertz CT molecular complexity index is 1430. The Hall–Kier alpha value is -4.08. The fourth-order valence-electron chi connectivity index (χ4n) is 5.49. The smallest absolute Gasteiger partial charge is 0.334 e. The molecule has 10 heteroatoms. The van der Waals surface area contributed by atoms with Crippen molar-refractivity contribution < 1.29 is 31.9 Å². The number of hydrogen-bond donors (Lipinski definition) is 0. The standard InChI is InChI=1S/C29H25F4N3O3/c1-16-6-5-11-35(24(16)15-36-26(37)20-7-3-4-8-21(20)27(36)38)28(39)22-13-19(30)12-17(2)25(22)23-10-9-18(14-34-23)29(31,32)33/h3-4,7-10,12-14,16,24H,5-6,11,15H2,1-2H3/t16-,24-/m1/s1. The average Bonchev–Trinajstić information content (AvgIpc) is 3.13. The van der Waals surface area contributed by atoms with Crippen LogP contribution in [0.4, 0.5) is 17.6 Å². The molecule has 2 aromatic carbocycles. The Morgan fingerprint density at radius 2 is 1.72 bits per heavy atom. The maximum atomic E-state index is 14.6. The van der Waals surface area contributed by atoms with Crippen molar-refractivity contribution in [2.75, 3.05) is 13.1 Å². The molecule has 3 aromatic rings. The van der Waals surface area contributed by atoms with Gasteiger partial charge >= 0.3 is 6.18 Å². The van der Waals surface area contributed by atoms with Crippen molar-refractivity contribution in [1.82, 2.24) is 14.8 Å². The highest BCUT2D eigenvalue weighted by Crippen LogP contribution is 2.35. The van der Waals surface area contributed by atoms with Crippen molar-refractivity contribution >= 4 is 17.7 Å². The zero-order valence-corrected chi connectivity index (χ0v) is 21.3. The molecule has 2 atom stereocenters. The van der Waals surface area contributed by atoms with Crippen LogP contribution in [0.5, 0.6) is 0 Å². The molecule has 3 amide bonds. The highest BCUT2D eigenvalue weighted by Gasteiger charge is 2.41. The van der Waals surface area contributed by atoms with E-state index in [-0.39, 0.29) is 29.3 Å². The second-order valence-electron chi connectivity index (χ2n) is 10.0. The molecule has 0 N–H and O–H groups in total. The molecular weight excluding hydrogens is 514 g/mol. The maximum Gasteiger partial charge on any atom is 0.417 e. The monoisotopic (exact) mass is 539 g/mol. The van der Waals surface area contributed by atoms with E-state index in [1.807, 2.05) is 6.92 Å². The molecule has 2 aliphatic heterocycles. The van der Waals surface area contributed by atoms with E-state index in [1.165, 1.54) is 6.07 Å². The molecule has 1 saturated heterocycles. The third-order valence-corrected chi connectivity index (χ3v) is 7.50. The second kappa shape index (κ2) is 9.91. The fourth-order valence-corrected chi connectivity index (χ4v) is 5.49. The third-order valence-electron chi connectivity index (χ3n) is 7.50. The van der Waals surface area contributed by atoms with Crippen LogP contribution in [0, 0.1) is 18.7 Å². The lowest BCUT2D eigenvalue weighted by atomic mass is 9.88. The number of carbonyl (C=O) groups excluding carboxylic acids is 3. The molecule has 0 radical (unpaired) electrons.